The first-order valence-corrected chi connectivity index (χ1v) is 9.50. The molecule has 144 valence electrons. The minimum Gasteiger partial charge on any atom is -0.497 e. The molecular formula is C18H18N6O3S. The molecule has 10 heteroatoms. The van der Waals surface area contributed by atoms with Gasteiger partial charge in [-0.05, 0) is 42.0 Å². The fourth-order valence-electron chi connectivity index (χ4n) is 2.92. The minimum absolute atomic E-state index is 0.133. The Morgan fingerprint density at radius 2 is 2.21 bits per heavy atom. The maximum Gasteiger partial charge on any atom is 0.253 e. The summed E-state index contributed by atoms with van der Waals surface area (Å²) in [7, 11) is 1.62. The third-order valence-corrected chi connectivity index (χ3v) is 5.10. The zero-order valence-corrected chi connectivity index (χ0v) is 15.8. The second-order valence-corrected chi connectivity index (χ2v) is 6.98. The van der Waals surface area contributed by atoms with Crippen LogP contribution in [0.2, 0.25) is 0 Å². The fraction of sp³-hybridized carbons (Fsp3) is 0.222. The number of H-pyrrole nitrogens is 1. The molecule has 0 radical (unpaired) electrons. The average molecular weight is 398 g/mol. The van der Waals surface area contributed by atoms with E-state index in [4.69, 9.17) is 14.9 Å². The highest BCUT2D eigenvalue weighted by Crippen LogP contribution is 2.34. The number of amides is 1. The molecule has 3 heterocycles. The van der Waals surface area contributed by atoms with Gasteiger partial charge in [-0.1, -0.05) is 11.8 Å². The molecule has 0 saturated heterocycles. The first-order valence-electron chi connectivity index (χ1n) is 8.52. The van der Waals surface area contributed by atoms with E-state index in [9.17, 15) is 4.79 Å². The van der Waals surface area contributed by atoms with Crippen LogP contribution in [0.3, 0.4) is 0 Å². The summed E-state index contributed by atoms with van der Waals surface area (Å²) < 4.78 is 10.7. The van der Waals surface area contributed by atoms with Crippen molar-refractivity contribution in [2.24, 2.45) is 5.10 Å². The lowest BCUT2D eigenvalue weighted by Gasteiger charge is -2.19. The molecule has 0 fully saturated rings. The van der Waals surface area contributed by atoms with Crippen LogP contribution in [0, 0.1) is 0 Å². The number of nitrogens with one attached hydrogen (secondary N) is 1. The zero-order valence-electron chi connectivity index (χ0n) is 15.0. The van der Waals surface area contributed by atoms with Gasteiger partial charge in [0.15, 0.2) is 0 Å². The summed E-state index contributed by atoms with van der Waals surface area (Å²) in [4.78, 5) is 16.8. The number of nitrogens with two attached hydrogens (primary N) is 1. The first kappa shape index (κ1) is 18.1. The predicted molar refractivity (Wildman–Crippen MR) is 104 cm³/mol. The first-order chi connectivity index (χ1) is 13.6. The molecular weight excluding hydrogens is 380 g/mol. The lowest BCUT2D eigenvalue weighted by Crippen LogP contribution is -2.28. The zero-order chi connectivity index (χ0) is 19.5. The van der Waals surface area contributed by atoms with E-state index in [2.05, 4.69) is 20.3 Å². The van der Waals surface area contributed by atoms with Crippen molar-refractivity contribution < 1.29 is 13.9 Å². The number of nitrogens with zero attached hydrogens (tertiary/aromatic N) is 4. The van der Waals surface area contributed by atoms with Crippen molar-refractivity contribution in [3.63, 3.8) is 0 Å². The van der Waals surface area contributed by atoms with E-state index in [0.29, 0.717) is 17.3 Å². The molecule has 0 saturated carbocycles. The van der Waals surface area contributed by atoms with Gasteiger partial charge in [-0.25, -0.2) is 10.1 Å². The monoisotopic (exact) mass is 398 g/mol. The number of methoxy groups -OCH3 is 1. The molecule has 1 amide bonds. The van der Waals surface area contributed by atoms with Crippen LogP contribution >= 0.6 is 11.8 Å². The fourth-order valence-corrected chi connectivity index (χ4v) is 3.57. The maximum absolute atomic E-state index is 12.8. The van der Waals surface area contributed by atoms with Gasteiger partial charge in [0.1, 0.15) is 17.6 Å². The van der Waals surface area contributed by atoms with E-state index in [1.165, 1.54) is 16.8 Å². The normalized spacial score (nSPS) is 16.2. The van der Waals surface area contributed by atoms with Gasteiger partial charge in [0.05, 0.1) is 24.8 Å². The number of nitrogen functional groups attached to an aromatic ring is 1. The van der Waals surface area contributed by atoms with Gasteiger partial charge in [-0.15, -0.1) is 5.10 Å². The van der Waals surface area contributed by atoms with E-state index >= 15 is 0 Å². The number of aromatic amines is 1. The van der Waals surface area contributed by atoms with Gasteiger partial charge in [0, 0.05) is 6.42 Å². The number of rotatable bonds is 6. The van der Waals surface area contributed by atoms with Crippen LogP contribution in [0.4, 0.5) is 5.95 Å². The number of thioether (sulfide) groups is 1. The Labute approximate surface area is 165 Å². The van der Waals surface area contributed by atoms with E-state index in [-0.39, 0.29) is 23.7 Å². The molecule has 3 aromatic rings. The highest BCUT2D eigenvalue weighted by Gasteiger charge is 2.34. The Balaban J connectivity index is 1.55. The van der Waals surface area contributed by atoms with Crippen molar-refractivity contribution in [3.05, 3.63) is 54.0 Å². The van der Waals surface area contributed by atoms with Crippen molar-refractivity contribution in [1.29, 1.82) is 0 Å². The summed E-state index contributed by atoms with van der Waals surface area (Å²) >= 11 is 1.20. The summed E-state index contributed by atoms with van der Waals surface area (Å²) in [6.07, 6.45) is 2.15. The van der Waals surface area contributed by atoms with Crippen molar-refractivity contribution in [2.45, 2.75) is 17.6 Å². The molecule has 1 atom stereocenters. The number of furan rings is 1. The van der Waals surface area contributed by atoms with Crippen LogP contribution in [0.25, 0.3) is 0 Å². The molecule has 0 spiro atoms. The van der Waals surface area contributed by atoms with Crippen LogP contribution in [0.1, 0.15) is 23.8 Å². The van der Waals surface area contributed by atoms with Crippen molar-refractivity contribution in [2.75, 3.05) is 18.6 Å². The van der Waals surface area contributed by atoms with Crippen molar-refractivity contribution in [3.8, 4) is 5.75 Å². The number of carbonyl (C=O) groups is 1. The summed E-state index contributed by atoms with van der Waals surface area (Å²) in [5, 5.41) is 12.9. The molecule has 4 rings (SSSR count). The Hall–Kier alpha value is -3.27. The van der Waals surface area contributed by atoms with Crippen LogP contribution < -0.4 is 10.5 Å². The Morgan fingerprint density at radius 3 is 2.86 bits per heavy atom. The smallest absolute Gasteiger partial charge is 0.253 e. The second kappa shape index (κ2) is 7.77. The van der Waals surface area contributed by atoms with Crippen LogP contribution in [-0.4, -0.2) is 44.7 Å². The van der Waals surface area contributed by atoms with Gasteiger partial charge >= 0.3 is 0 Å². The molecule has 0 unspecified atom stereocenters. The number of hydrazone groups is 1. The van der Waals surface area contributed by atoms with Gasteiger partial charge in [0.25, 0.3) is 5.91 Å². The minimum atomic E-state index is -0.294. The SMILES string of the molecule is COc1ccc(C2=NN(C(=O)CSc3n[nH]c(N)n3)[C@H](c3ccco3)C2)cc1. The molecule has 1 aromatic carbocycles. The topological polar surface area (TPSA) is 123 Å². The van der Waals surface area contributed by atoms with Crippen molar-refractivity contribution >= 4 is 29.3 Å². The molecule has 28 heavy (non-hydrogen) atoms. The molecule has 0 bridgehead atoms. The lowest BCUT2D eigenvalue weighted by molar-refractivity contribution is -0.130. The Kier molecular flexibility index (Phi) is 5.02. The van der Waals surface area contributed by atoms with Gasteiger partial charge in [-0.2, -0.15) is 10.1 Å². The molecule has 9 nitrogen and oxygen atoms in total. The van der Waals surface area contributed by atoms with Gasteiger partial charge in [0.2, 0.25) is 11.1 Å². The standard InChI is InChI=1S/C18H18N6O3S/c1-26-12-6-4-11(5-7-12)13-9-14(15-3-2-8-27-15)24(23-13)16(25)10-28-18-20-17(19)21-22-18/h2-8,14H,9-10H2,1H3,(H3,19,20,21,22)/t14-/m0/s1. The van der Waals surface area contributed by atoms with E-state index in [1.807, 2.05) is 30.3 Å². The third-order valence-electron chi connectivity index (χ3n) is 4.27. The Bertz CT molecular complexity index is 983. The summed E-state index contributed by atoms with van der Waals surface area (Å²) in [6.45, 7) is 0. The second-order valence-electron chi connectivity index (χ2n) is 6.04. The summed E-state index contributed by atoms with van der Waals surface area (Å²) in [5.74, 6) is 1.63. The van der Waals surface area contributed by atoms with Crippen molar-refractivity contribution in [1.82, 2.24) is 20.2 Å². The molecule has 1 aliphatic rings. The lowest BCUT2D eigenvalue weighted by atomic mass is 10.0. The van der Waals surface area contributed by atoms with E-state index < -0.39 is 0 Å². The Morgan fingerprint density at radius 1 is 1.39 bits per heavy atom. The number of carbonyl (C=O) groups excluding carboxylic acids is 1. The molecule has 0 aliphatic carbocycles. The quantitative estimate of drug-likeness (QED) is 0.611. The highest BCUT2D eigenvalue weighted by atomic mass is 32.2. The third kappa shape index (κ3) is 3.72. The predicted octanol–water partition coefficient (Wildman–Crippen LogP) is 2.46. The number of aromatic nitrogens is 3. The molecule has 2 aromatic heterocycles. The van der Waals surface area contributed by atoms with Gasteiger partial charge in [-0.3, -0.25) is 4.79 Å². The highest BCUT2D eigenvalue weighted by molar-refractivity contribution is 7.99. The number of anilines is 1. The number of hydrogen-bond donors (Lipinski definition) is 2. The average Bonchev–Trinajstić information content (AvgIpc) is 3.46. The maximum atomic E-state index is 12.8. The summed E-state index contributed by atoms with van der Waals surface area (Å²) in [6, 6.07) is 10.9. The van der Waals surface area contributed by atoms with Crippen LogP contribution in [0.5, 0.6) is 5.75 Å². The number of hydrogen-bond acceptors (Lipinski definition) is 8. The van der Waals surface area contributed by atoms with Gasteiger partial charge < -0.3 is 14.9 Å². The molecule has 3 N–H and O–H groups in total. The summed E-state index contributed by atoms with van der Waals surface area (Å²) in [5.41, 5.74) is 7.26. The van der Waals surface area contributed by atoms with Crippen LogP contribution in [-0.2, 0) is 4.79 Å². The number of ether oxygens (including phenoxy) is 1. The molecule has 1 aliphatic heterocycles. The van der Waals surface area contributed by atoms with E-state index in [1.54, 1.807) is 19.4 Å². The van der Waals surface area contributed by atoms with Crippen LogP contribution in [0.15, 0.2) is 57.3 Å². The number of benzene rings is 1. The largest absolute Gasteiger partial charge is 0.497 e. The van der Waals surface area contributed by atoms with E-state index in [0.717, 1.165) is 17.0 Å².